The minimum atomic E-state index is 0.0888. The molecule has 1 aliphatic rings. The summed E-state index contributed by atoms with van der Waals surface area (Å²) in [5.74, 6) is 1.43. The number of amides is 1. The maximum atomic E-state index is 12.5. The number of carbonyl (C=O) groups is 1. The van der Waals surface area contributed by atoms with Crippen LogP contribution in [0.1, 0.15) is 36.2 Å². The van der Waals surface area contributed by atoms with E-state index in [0.717, 1.165) is 18.7 Å². The fraction of sp³-hybridized carbons (Fsp3) is 0.533. The summed E-state index contributed by atoms with van der Waals surface area (Å²) in [5, 5.41) is 9.39. The summed E-state index contributed by atoms with van der Waals surface area (Å²) in [4.78, 5) is 14.4. The SMILES string of the molecule is Cc1cc(O)ccc1C(=O)N1CC(C)CC(C)C1. The molecule has 1 fully saturated rings. The Kier molecular flexibility index (Phi) is 3.60. The van der Waals surface area contributed by atoms with Gasteiger partial charge in [0.15, 0.2) is 0 Å². The van der Waals surface area contributed by atoms with Crippen LogP contribution in [0.15, 0.2) is 18.2 Å². The summed E-state index contributed by atoms with van der Waals surface area (Å²) in [7, 11) is 0. The zero-order valence-electron chi connectivity index (χ0n) is 11.3. The van der Waals surface area contributed by atoms with E-state index in [1.54, 1.807) is 18.2 Å². The summed E-state index contributed by atoms with van der Waals surface area (Å²) >= 11 is 0. The molecule has 1 amide bonds. The van der Waals surface area contributed by atoms with E-state index in [0.29, 0.717) is 17.4 Å². The maximum Gasteiger partial charge on any atom is 0.254 e. The van der Waals surface area contributed by atoms with Crippen molar-refractivity contribution in [1.82, 2.24) is 4.90 Å². The van der Waals surface area contributed by atoms with Gasteiger partial charge in [-0.1, -0.05) is 13.8 Å². The van der Waals surface area contributed by atoms with Gasteiger partial charge in [-0.3, -0.25) is 4.79 Å². The van der Waals surface area contributed by atoms with Crippen molar-refractivity contribution in [3.05, 3.63) is 29.3 Å². The van der Waals surface area contributed by atoms with Crippen LogP contribution < -0.4 is 0 Å². The topological polar surface area (TPSA) is 40.5 Å². The van der Waals surface area contributed by atoms with Gasteiger partial charge in [0.2, 0.25) is 0 Å². The first kappa shape index (κ1) is 12.9. The lowest BCUT2D eigenvalue weighted by atomic mass is 9.91. The van der Waals surface area contributed by atoms with Crippen LogP contribution in [0.3, 0.4) is 0 Å². The second kappa shape index (κ2) is 5.01. The van der Waals surface area contributed by atoms with Gasteiger partial charge in [-0.05, 0) is 48.9 Å². The average molecular weight is 247 g/mol. The van der Waals surface area contributed by atoms with Crippen LogP contribution >= 0.6 is 0 Å². The van der Waals surface area contributed by atoms with E-state index < -0.39 is 0 Å². The molecule has 1 aromatic carbocycles. The predicted molar refractivity (Wildman–Crippen MR) is 71.7 cm³/mol. The number of benzene rings is 1. The van der Waals surface area contributed by atoms with Crippen molar-refractivity contribution in [2.45, 2.75) is 27.2 Å². The molecule has 3 heteroatoms. The molecule has 0 radical (unpaired) electrons. The first-order chi connectivity index (χ1) is 8.47. The number of piperidine rings is 1. The number of rotatable bonds is 1. The predicted octanol–water partition coefficient (Wildman–Crippen LogP) is 2.82. The molecular formula is C15H21NO2. The van der Waals surface area contributed by atoms with Gasteiger partial charge < -0.3 is 10.0 Å². The van der Waals surface area contributed by atoms with Gasteiger partial charge in [0, 0.05) is 18.7 Å². The summed E-state index contributed by atoms with van der Waals surface area (Å²) in [5.41, 5.74) is 1.54. The molecule has 0 spiro atoms. The highest BCUT2D eigenvalue weighted by molar-refractivity contribution is 5.95. The standard InChI is InChI=1S/C15H21NO2/c1-10-6-11(2)9-16(8-10)15(18)14-5-4-13(17)7-12(14)3/h4-5,7,10-11,17H,6,8-9H2,1-3H3. The van der Waals surface area contributed by atoms with Crippen molar-refractivity contribution in [3.8, 4) is 5.75 Å². The summed E-state index contributed by atoms with van der Waals surface area (Å²) < 4.78 is 0. The molecule has 98 valence electrons. The van der Waals surface area contributed by atoms with E-state index in [9.17, 15) is 9.90 Å². The normalized spacial score (nSPS) is 24.1. The first-order valence-corrected chi connectivity index (χ1v) is 6.56. The number of hydrogen-bond donors (Lipinski definition) is 1. The molecule has 0 bridgehead atoms. The number of hydrogen-bond acceptors (Lipinski definition) is 2. The van der Waals surface area contributed by atoms with E-state index in [4.69, 9.17) is 0 Å². The van der Waals surface area contributed by atoms with E-state index in [1.165, 1.54) is 6.42 Å². The van der Waals surface area contributed by atoms with Crippen LogP contribution in [0, 0.1) is 18.8 Å². The third-order valence-electron chi connectivity index (χ3n) is 3.60. The Hall–Kier alpha value is -1.51. The van der Waals surface area contributed by atoms with Crippen molar-refractivity contribution in [3.63, 3.8) is 0 Å². The molecule has 2 rings (SSSR count). The van der Waals surface area contributed by atoms with Crippen LogP contribution in [0.5, 0.6) is 5.75 Å². The smallest absolute Gasteiger partial charge is 0.254 e. The number of aromatic hydroxyl groups is 1. The van der Waals surface area contributed by atoms with Crippen molar-refractivity contribution >= 4 is 5.91 Å². The molecule has 1 aromatic rings. The minimum Gasteiger partial charge on any atom is -0.508 e. The molecule has 1 aliphatic heterocycles. The molecule has 0 aromatic heterocycles. The Bertz CT molecular complexity index is 446. The molecule has 1 saturated heterocycles. The lowest BCUT2D eigenvalue weighted by Crippen LogP contribution is -2.42. The zero-order valence-corrected chi connectivity index (χ0v) is 11.3. The van der Waals surface area contributed by atoms with E-state index in [2.05, 4.69) is 13.8 Å². The van der Waals surface area contributed by atoms with Crippen LogP contribution in [-0.4, -0.2) is 29.0 Å². The van der Waals surface area contributed by atoms with Crippen molar-refractivity contribution in [2.75, 3.05) is 13.1 Å². The number of phenols is 1. The highest BCUT2D eigenvalue weighted by Gasteiger charge is 2.26. The number of carbonyl (C=O) groups excluding carboxylic acids is 1. The van der Waals surface area contributed by atoms with E-state index in [1.807, 2.05) is 11.8 Å². The number of nitrogens with zero attached hydrogens (tertiary/aromatic N) is 1. The van der Waals surface area contributed by atoms with Gasteiger partial charge in [0.1, 0.15) is 5.75 Å². The number of phenolic OH excluding ortho intramolecular Hbond substituents is 1. The monoisotopic (exact) mass is 247 g/mol. The van der Waals surface area contributed by atoms with Crippen LogP contribution in [-0.2, 0) is 0 Å². The van der Waals surface area contributed by atoms with Gasteiger partial charge in [-0.25, -0.2) is 0 Å². The molecule has 0 saturated carbocycles. The molecule has 2 unspecified atom stereocenters. The van der Waals surface area contributed by atoms with Gasteiger partial charge in [0.05, 0.1) is 0 Å². The Labute approximate surface area is 108 Å². The van der Waals surface area contributed by atoms with Gasteiger partial charge in [-0.15, -0.1) is 0 Å². The van der Waals surface area contributed by atoms with Crippen LogP contribution in [0.2, 0.25) is 0 Å². The molecule has 1 N–H and O–H groups in total. The quantitative estimate of drug-likeness (QED) is 0.829. The maximum absolute atomic E-state index is 12.5. The van der Waals surface area contributed by atoms with Crippen molar-refractivity contribution in [1.29, 1.82) is 0 Å². The van der Waals surface area contributed by atoms with Crippen molar-refractivity contribution < 1.29 is 9.90 Å². The highest BCUT2D eigenvalue weighted by Crippen LogP contribution is 2.24. The molecule has 1 heterocycles. The summed E-state index contributed by atoms with van der Waals surface area (Å²) in [6.45, 7) is 7.93. The summed E-state index contributed by atoms with van der Waals surface area (Å²) in [6, 6.07) is 4.94. The van der Waals surface area contributed by atoms with Crippen LogP contribution in [0.4, 0.5) is 0 Å². The third kappa shape index (κ3) is 2.66. The van der Waals surface area contributed by atoms with Crippen molar-refractivity contribution in [2.24, 2.45) is 11.8 Å². The van der Waals surface area contributed by atoms with Gasteiger partial charge >= 0.3 is 0 Å². The Morgan fingerprint density at radius 3 is 2.44 bits per heavy atom. The number of aryl methyl sites for hydroxylation is 1. The summed E-state index contributed by atoms with van der Waals surface area (Å²) in [6.07, 6.45) is 1.19. The molecule has 3 nitrogen and oxygen atoms in total. The lowest BCUT2D eigenvalue weighted by molar-refractivity contribution is 0.0622. The Morgan fingerprint density at radius 2 is 1.89 bits per heavy atom. The molecule has 0 aliphatic carbocycles. The minimum absolute atomic E-state index is 0.0888. The molecule has 2 atom stereocenters. The number of likely N-dealkylation sites (tertiary alicyclic amines) is 1. The fourth-order valence-corrected chi connectivity index (χ4v) is 2.89. The molecular weight excluding hydrogens is 226 g/mol. The van der Waals surface area contributed by atoms with Gasteiger partial charge in [0.25, 0.3) is 5.91 Å². The van der Waals surface area contributed by atoms with E-state index in [-0.39, 0.29) is 11.7 Å². The molecule has 18 heavy (non-hydrogen) atoms. The largest absolute Gasteiger partial charge is 0.508 e. The first-order valence-electron chi connectivity index (χ1n) is 6.56. The fourth-order valence-electron chi connectivity index (χ4n) is 2.89. The van der Waals surface area contributed by atoms with E-state index >= 15 is 0 Å². The Balaban J connectivity index is 2.20. The van der Waals surface area contributed by atoms with Crippen LogP contribution in [0.25, 0.3) is 0 Å². The second-order valence-corrected chi connectivity index (χ2v) is 5.66. The Morgan fingerprint density at radius 1 is 1.28 bits per heavy atom. The zero-order chi connectivity index (χ0) is 13.3. The average Bonchev–Trinajstić information content (AvgIpc) is 2.26. The lowest BCUT2D eigenvalue weighted by Gasteiger charge is -2.35. The van der Waals surface area contributed by atoms with Gasteiger partial charge in [-0.2, -0.15) is 0 Å². The third-order valence-corrected chi connectivity index (χ3v) is 3.60. The highest BCUT2D eigenvalue weighted by atomic mass is 16.3. The second-order valence-electron chi connectivity index (χ2n) is 5.66.